The monoisotopic (exact) mass is 773 g/mol. The van der Waals surface area contributed by atoms with Crippen LogP contribution < -0.4 is 19.9 Å². The molecule has 0 unspecified atom stereocenters. The van der Waals surface area contributed by atoms with Crippen molar-refractivity contribution < 1.29 is 19.1 Å². The lowest BCUT2D eigenvalue weighted by Gasteiger charge is -2.44. The van der Waals surface area contributed by atoms with Crippen molar-refractivity contribution in [3.8, 4) is 5.75 Å². The van der Waals surface area contributed by atoms with Crippen molar-refractivity contribution in [3.63, 3.8) is 0 Å². The number of nitrogens with zero attached hydrogens (tertiary/aromatic N) is 2. The number of rotatable bonds is 7. The first kappa shape index (κ1) is 33.8. The van der Waals surface area contributed by atoms with Gasteiger partial charge in [-0.05, 0) is 87.8 Å². The number of hydrogen-bond donors (Lipinski definition) is 1. The number of hydrogen-bond acceptors (Lipinski definition) is 5. The molecule has 4 amide bonds. The van der Waals surface area contributed by atoms with E-state index >= 15 is 0 Å². The highest BCUT2D eigenvalue weighted by molar-refractivity contribution is 9.10. The van der Waals surface area contributed by atoms with Gasteiger partial charge in [-0.25, -0.2) is 9.69 Å². The summed E-state index contributed by atoms with van der Waals surface area (Å²) in [6.07, 6.45) is 3.38. The maximum absolute atomic E-state index is 14.7. The van der Waals surface area contributed by atoms with Crippen LogP contribution in [0.2, 0.25) is 0 Å². The normalized spacial score (nSPS) is 18.8. The highest BCUT2D eigenvalue weighted by Crippen LogP contribution is 2.50. The van der Waals surface area contributed by atoms with Gasteiger partial charge < -0.3 is 9.64 Å². The van der Waals surface area contributed by atoms with Crippen molar-refractivity contribution in [2.75, 3.05) is 22.9 Å². The van der Waals surface area contributed by atoms with Crippen molar-refractivity contribution in [3.05, 3.63) is 177 Å². The van der Waals surface area contributed by atoms with Crippen LogP contribution in [0.15, 0.2) is 144 Å². The molecule has 0 aliphatic carbocycles. The molecule has 7 nitrogen and oxygen atoms in total. The average Bonchev–Trinajstić information content (AvgIpc) is 3.20. The minimum Gasteiger partial charge on any atom is -0.488 e. The van der Waals surface area contributed by atoms with E-state index in [4.69, 9.17) is 4.74 Å². The van der Waals surface area contributed by atoms with Crippen molar-refractivity contribution in [2.24, 2.45) is 0 Å². The molecule has 0 saturated carbocycles. The van der Waals surface area contributed by atoms with Gasteiger partial charge in [0.1, 0.15) is 17.9 Å². The number of ether oxygens (including phenoxy) is 1. The van der Waals surface area contributed by atoms with E-state index in [9.17, 15) is 14.4 Å². The van der Waals surface area contributed by atoms with Gasteiger partial charge in [0.05, 0.1) is 5.69 Å². The summed E-state index contributed by atoms with van der Waals surface area (Å²) in [4.78, 5) is 45.7. The molecular formula is C46H36BrN3O4. The quantitative estimate of drug-likeness (QED) is 0.129. The van der Waals surface area contributed by atoms with E-state index < -0.39 is 17.8 Å². The van der Waals surface area contributed by atoms with Crippen LogP contribution in [-0.4, -0.2) is 30.9 Å². The highest BCUT2D eigenvalue weighted by atomic mass is 79.9. The molecular weight excluding hydrogens is 738 g/mol. The molecule has 0 spiro atoms. The van der Waals surface area contributed by atoms with Crippen LogP contribution in [-0.2, 0) is 16.2 Å². The Morgan fingerprint density at radius 1 is 0.722 bits per heavy atom. The second-order valence-electron chi connectivity index (χ2n) is 14.0. The largest absolute Gasteiger partial charge is 0.488 e. The summed E-state index contributed by atoms with van der Waals surface area (Å²) in [6.45, 7) is 2.12. The van der Waals surface area contributed by atoms with E-state index in [1.165, 1.54) is 16.8 Å². The number of nitrogens with one attached hydrogen (secondary N) is 1. The van der Waals surface area contributed by atoms with Gasteiger partial charge in [-0.2, -0.15) is 0 Å². The van der Waals surface area contributed by atoms with Crippen LogP contribution in [0.25, 0.3) is 16.8 Å². The first-order valence-corrected chi connectivity index (χ1v) is 19.1. The number of amides is 4. The van der Waals surface area contributed by atoms with E-state index in [0.29, 0.717) is 17.0 Å². The maximum atomic E-state index is 14.7. The lowest BCUT2D eigenvalue weighted by molar-refractivity contribution is -0.122. The lowest BCUT2D eigenvalue weighted by Crippen LogP contribution is -2.54. The van der Waals surface area contributed by atoms with Crippen molar-refractivity contribution in [1.29, 1.82) is 0 Å². The van der Waals surface area contributed by atoms with Crippen LogP contribution in [0.5, 0.6) is 5.75 Å². The second kappa shape index (κ2) is 14.1. The summed E-state index contributed by atoms with van der Waals surface area (Å²) in [6, 6.07) is 43.5. The number of urea groups is 1. The zero-order chi connectivity index (χ0) is 36.8. The summed E-state index contributed by atoms with van der Waals surface area (Å²) < 4.78 is 7.31. The molecule has 8 heteroatoms. The van der Waals surface area contributed by atoms with Crippen molar-refractivity contribution in [2.45, 2.75) is 31.3 Å². The Bertz CT molecular complexity index is 2390. The summed E-state index contributed by atoms with van der Waals surface area (Å²) in [5.74, 6) is -0.762. The molecule has 54 heavy (non-hydrogen) atoms. The highest BCUT2D eigenvalue weighted by Gasteiger charge is 2.41. The Balaban J connectivity index is 1.17. The van der Waals surface area contributed by atoms with E-state index in [0.717, 1.165) is 62.8 Å². The van der Waals surface area contributed by atoms with Crippen LogP contribution in [0, 0.1) is 0 Å². The fourth-order valence-electron chi connectivity index (χ4n) is 8.30. The summed E-state index contributed by atoms with van der Waals surface area (Å²) in [7, 11) is 0. The van der Waals surface area contributed by atoms with Crippen LogP contribution >= 0.6 is 15.9 Å². The number of barbiturate groups is 1. The van der Waals surface area contributed by atoms with Crippen LogP contribution in [0.4, 0.5) is 16.2 Å². The molecule has 6 aromatic rings. The molecule has 1 saturated heterocycles. The molecule has 1 N–H and O–H groups in total. The molecule has 0 radical (unpaired) electrons. The third-order valence-electron chi connectivity index (χ3n) is 10.9. The molecule has 3 aliphatic rings. The first-order chi connectivity index (χ1) is 26.4. The first-order valence-electron chi connectivity index (χ1n) is 18.3. The Morgan fingerprint density at radius 2 is 1.33 bits per heavy atom. The van der Waals surface area contributed by atoms with E-state index in [1.807, 2.05) is 84.9 Å². The second-order valence-corrected chi connectivity index (χ2v) is 15.0. The topological polar surface area (TPSA) is 79.0 Å². The Labute approximate surface area is 322 Å². The number of fused-ring (bicyclic) bond motifs is 1. The van der Waals surface area contributed by atoms with Gasteiger partial charge in [-0.3, -0.25) is 14.9 Å². The SMILES string of the molecule is O=C1NC(=O)N(c2cc3c4c(c2)[C@H](c2ccccc2)CCN4CC[C@@H]3c2ccccc2)C(=O)/C1=C/c1c(OCc2ccc(Br)cc2)ccc2ccccc12. The average molecular weight is 775 g/mol. The van der Waals surface area contributed by atoms with Crippen LogP contribution in [0.3, 0.4) is 0 Å². The third kappa shape index (κ3) is 6.16. The smallest absolute Gasteiger partial charge is 0.335 e. The number of carbonyl (C=O) groups excluding carboxylic acids is 3. The predicted octanol–water partition coefficient (Wildman–Crippen LogP) is 9.73. The van der Waals surface area contributed by atoms with Gasteiger partial charge in [0.15, 0.2) is 0 Å². The molecule has 1 fully saturated rings. The Morgan fingerprint density at radius 3 is 1.98 bits per heavy atom. The fraction of sp³-hybridized carbons (Fsp3) is 0.152. The lowest BCUT2D eigenvalue weighted by atomic mass is 9.76. The molecule has 266 valence electrons. The Kier molecular flexibility index (Phi) is 8.83. The third-order valence-corrected chi connectivity index (χ3v) is 11.4. The molecule has 0 aromatic heterocycles. The number of carbonyl (C=O) groups is 3. The predicted molar refractivity (Wildman–Crippen MR) is 216 cm³/mol. The Hall–Kier alpha value is -5.99. The van der Waals surface area contributed by atoms with Gasteiger partial charge in [-0.1, -0.05) is 119 Å². The van der Waals surface area contributed by atoms with Gasteiger partial charge in [0.2, 0.25) is 0 Å². The van der Waals surface area contributed by atoms with Gasteiger partial charge in [0.25, 0.3) is 11.8 Å². The van der Waals surface area contributed by atoms with Crippen molar-refractivity contribution in [1.82, 2.24) is 5.32 Å². The minimum atomic E-state index is -0.769. The minimum absolute atomic E-state index is 0.0754. The maximum Gasteiger partial charge on any atom is 0.335 e. The van der Waals surface area contributed by atoms with E-state index in [1.54, 1.807) is 6.08 Å². The van der Waals surface area contributed by atoms with Crippen LogP contribution in [0.1, 0.15) is 58.1 Å². The van der Waals surface area contributed by atoms with E-state index in [-0.39, 0.29) is 24.0 Å². The standard InChI is InChI=1S/C46H36BrN3O4/c47-33-18-15-29(16-19-33)28-54-42-20-17-32-13-7-8-14-35(32)38(42)27-41-44(51)48-46(53)50(45(41)52)34-25-39-36(30-9-3-1-4-10-30)21-23-49-24-22-37(40(26-34)43(39)49)31-11-5-2-6-12-31/h1-20,25-27,36-37H,21-24,28H2,(H,48,51,53)/b41-27+/t36-,37+. The molecule has 2 atom stereocenters. The number of halogens is 1. The van der Waals surface area contributed by atoms with Crippen molar-refractivity contribution >= 4 is 62.0 Å². The van der Waals surface area contributed by atoms with E-state index in [2.05, 4.69) is 74.7 Å². The summed E-state index contributed by atoms with van der Waals surface area (Å²) in [5.41, 5.74) is 7.58. The zero-order valence-electron chi connectivity index (χ0n) is 29.4. The molecule has 6 aromatic carbocycles. The summed E-state index contributed by atoms with van der Waals surface area (Å²) in [5, 5.41) is 4.23. The molecule has 9 rings (SSSR count). The molecule has 3 aliphatic heterocycles. The fourth-order valence-corrected chi connectivity index (χ4v) is 8.56. The summed E-state index contributed by atoms with van der Waals surface area (Å²) >= 11 is 3.48. The number of benzene rings is 6. The van der Waals surface area contributed by atoms with Gasteiger partial charge >= 0.3 is 6.03 Å². The van der Waals surface area contributed by atoms with Gasteiger partial charge in [-0.15, -0.1) is 0 Å². The molecule has 3 heterocycles. The molecule has 0 bridgehead atoms. The van der Waals surface area contributed by atoms with Gasteiger partial charge in [0, 0.05) is 40.6 Å². The zero-order valence-corrected chi connectivity index (χ0v) is 31.0. The number of imide groups is 2. The number of anilines is 2.